The lowest BCUT2D eigenvalue weighted by molar-refractivity contribution is -0.274. The summed E-state index contributed by atoms with van der Waals surface area (Å²) in [6, 6.07) is 5.32. The summed E-state index contributed by atoms with van der Waals surface area (Å²) in [6.45, 7) is 0. The number of hydrogen-bond acceptors (Lipinski definition) is 4. The van der Waals surface area contributed by atoms with E-state index in [9.17, 15) is 18.0 Å². The molecule has 0 spiro atoms. The van der Waals surface area contributed by atoms with E-state index in [4.69, 9.17) is 11.6 Å². The van der Waals surface area contributed by atoms with Crippen LogP contribution in [0.3, 0.4) is 0 Å². The van der Waals surface area contributed by atoms with Crippen LogP contribution in [0, 0.1) is 0 Å². The van der Waals surface area contributed by atoms with Crippen molar-refractivity contribution in [2.45, 2.75) is 6.36 Å². The summed E-state index contributed by atoms with van der Waals surface area (Å²) < 4.78 is 40.6. The van der Waals surface area contributed by atoms with E-state index in [0.29, 0.717) is 0 Å². The minimum absolute atomic E-state index is 0.0233. The number of nitrogens with one attached hydrogen (secondary N) is 2. The largest absolute Gasteiger partial charge is 0.573 e. The van der Waals surface area contributed by atoms with Gasteiger partial charge in [-0.15, -0.1) is 13.2 Å². The number of ether oxygens (including phenoxy) is 1. The molecule has 0 atom stereocenters. The fourth-order valence-electron chi connectivity index (χ4n) is 1.38. The predicted molar refractivity (Wildman–Crippen MR) is 66.3 cm³/mol. The Bertz CT molecular complexity index is 672. The topological polar surface area (TPSA) is 67.0 Å². The second-order valence-electron chi connectivity index (χ2n) is 3.56. The van der Waals surface area contributed by atoms with Gasteiger partial charge in [0.2, 0.25) is 0 Å². The van der Waals surface area contributed by atoms with Crippen molar-refractivity contribution in [1.82, 2.24) is 9.97 Å². The molecule has 2 aromatic rings. The Labute approximate surface area is 115 Å². The van der Waals surface area contributed by atoms with Gasteiger partial charge in [-0.3, -0.25) is 4.79 Å². The molecule has 0 aliphatic heterocycles. The van der Waals surface area contributed by atoms with Crippen LogP contribution in [0.15, 0.2) is 35.4 Å². The lowest BCUT2D eigenvalue weighted by atomic mass is 10.3. The highest BCUT2D eigenvalue weighted by molar-refractivity contribution is 6.32. The van der Waals surface area contributed by atoms with E-state index in [1.807, 2.05) is 0 Å². The number of alkyl halides is 3. The summed E-state index contributed by atoms with van der Waals surface area (Å²) >= 11 is 5.70. The van der Waals surface area contributed by atoms with Crippen molar-refractivity contribution in [3.63, 3.8) is 0 Å². The van der Waals surface area contributed by atoms with Gasteiger partial charge in [-0.25, -0.2) is 4.98 Å². The molecule has 0 fully saturated rings. The van der Waals surface area contributed by atoms with Crippen molar-refractivity contribution in [1.29, 1.82) is 0 Å². The van der Waals surface area contributed by atoms with Crippen LogP contribution in [0.25, 0.3) is 0 Å². The lowest BCUT2D eigenvalue weighted by Gasteiger charge is -2.14. The van der Waals surface area contributed by atoms with Crippen LogP contribution in [0.2, 0.25) is 5.02 Å². The molecule has 0 radical (unpaired) electrons. The first-order chi connectivity index (χ1) is 9.37. The van der Waals surface area contributed by atoms with Gasteiger partial charge in [-0.05, 0) is 12.1 Å². The van der Waals surface area contributed by atoms with Gasteiger partial charge in [0.15, 0.2) is 11.6 Å². The Hall–Kier alpha value is -2.22. The van der Waals surface area contributed by atoms with E-state index in [0.717, 1.165) is 12.4 Å². The number of aromatic nitrogens is 2. The molecular formula is C11H7ClF3N3O2. The third-order valence-electron chi connectivity index (χ3n) is 2.16. The van der Waals surface area contributed by atoms with Gasteiger partial charge in [-0.2, -0.15) is 0 Å². The molecule has 2 rings (SSSR count). The molecule has 0 amide bonds. The Morgan fingerprint density at radius 1 is 1.30 bits per heavy atom. The number of rotatable bonds is 3. The van der Waals surface area contributed by atoms with Crippen molar-refractivity contribution in [3.8, 4) is 5.75 Å². The summed E-state index contributed by atoms with van der Waals surface area (Å²) in [4.78, 5) is 17.2. The molecule has 20 heavy (non-hydrogen) atoms. The maximum atomic E-state index is 12.3. The number of nitrogens with zero attached hydrogens (tertiary/aromatic N) is 1. The van der Waals surface area contributed by atoms with E-state index < -0.39 is 17.7 Å². The van der Waals surface area contributed by atoms with Gasteiger partial charge < -0.3 is 15.0 Å². The van der Waals surface area contributed by atoms with Crippen LogP contribution < -0.4 is 15.6 Å². The maximum absolute atomic E-state index is 12.3. The monoisotopic (exact) mass is 305 g/mol. The first-order valence-electron chi connectivity index (χ1n) is 5.22. The summed E-state index contributed by atoms with van der Waals surface area (Å²) in [7, 11) is 0. The van der Waals surface area contributed by atoms with Gasteiger partial charge in [0.1, 0.15) is 5.02 Å². The molecule has 1 heterocycles. The van der Waals surface area contributed by atoms with Gasteiger partial charge >= 0.3 is 6.36 Å². The zero-order valence-corrected chi connectivity index (χ0v) is 10.4. The molecule has 106 valence electrons. The summed E-state index contributed by atoms with van der Waals surface area (Å²) in [5, 5.41) is 2.25. The van der Waals surface area contributed by atoms with Gasteiger partial charge in [0, 0.05) is 0 Å². The zero-order chi connectivity index (χ0) is 14.8. The van der Waals surface area contributed by atoms with Crippen LogP contribution in [0.4, 0.5) is 24.7 Å². The highest BCUT2D eigenvalue weighted by Crippen LogP contribution is 2.32. The van der Waals surface area contributed by atoms with Crippen LogP contribution >= 0.6 is 11.6 Å². The Morgan fingerprint density at radius 3 is 2.70 bits per heavy atom. The fraction of sp³-hybridized carbons (Fsp3) is 0.0909. The normalized spacial score (nSPS) is 11.2. The molecule has 0 aliphatic carbocycles. The molecular weight excluding hydrogens is 299 g/mol. The zero-order valence-electron chi connectivity index (χ0n) is 9.66. The number of benzene rings is 1. The number of halogens is 4. The molecule has 1 aromatic heterocycles. The Kier molecular flexibility index (Phi) is 3.84. The molecule has 0 unspecified atom stereocenters. The van der Waals surface area contributed by atoms with E-state index in [1.165, 1.54) is 18.2 Å². The summed E-state index contributed by atoms with van der Waals surface area (Å²) in [5.41, 5.74) is -0.636. The molecule has 0 bridgehead atoms. The number of H-pyrrole nitrogens is 1. The number of aromatic amines is 1. The molecule has 9 heteroatoms. The minimum atomic E-state index is -4.83. The summed E-state index contributed by atoms with van der Waals surface area (Å²) in [6.07, 6.45) is -3.76. The van der Waals surface area contributed by atoms with Crippen LogP contribution in [-0.4, -0.2) is 16.3 Å². The molecule has 0 saturated carbocycles. The quantitative estimate of drug-likeness (QED) is 0.914. The number of anilines is 2. The van der Waals surface area contributed by atoms with E-state index >= 15 is 0 Å². The molecule has 2 N–H and O–H groups in total. The first kappa shape index (κ1) is 14.2. The van der Waals surface area contributed by atoms with E-state index in [2.05, 4.69) is 20.0 Å². The number of para-hydroxylation sites is 2. The first-order valence-corrected chi connectivity index (χ1v) is 5.59. The smallest absolute Gasteiger partial charge is 0.404 e. The van der Waals surface area contributed by atoms with Crippen molar-refractivity contribution in [2.75, 3.05) is 5.32 Å². The van der Waals surface area contributed by atoms with Crippen molar-refractivity contribution in [2.24, 2.45) is 0 Å². The van der Waals surface area contributed by atoms with Gasteiger partial charge in [0.05, 0.1) is 12.0 Å². The highest BCUT2D eigenvalue weighted by atomic mass is 35.5. The van der Waals surface area contributed by atoms with Crippen molar-refractivity contribution >= 4 is 23.1 Å². The molecule has 0 saturated heterocycles. The Morgan fingerprint density at radius 2 is 2.00 bits per heavy atom. The summed E-state index contributed by atoms with van der Waals surface area (Å²) in [5.74, 6) is -0.535. The third-order valence-corrected chi connectivity index (χ3v) is 2.51. The van der Waals surface area contributed by atoms with Crippen LogP contribution in [0.5, 0.6) is 5.75 Å². The third kappa shape index (κ3) is 3.41. The minimum Gasteiger partial charge on any atom is -0.404 e. The second-order valence-corrected chi connectivity index (χ2v) is 3.94. The van der Waals surface area contributed by atoms with Crippen LogP contribution in [0.1, 0.15) is 0 Å². The van der Waals surface area contributed by atoms with Gasteiger partial charge in [-0.1, -0.05) is 23.7 Å². The van der Waals surface area contributed by atoms with Crippen molar-refractivity contribution < 1.29 is 17.9 Å². The number of hydrogen-bond donors (Lipinski definition) is 2. The standard InChI is InChI=1S/C11H7ClF3N3O2/c12-8-9(16-5-17-10(8)19)18-6-3-1-2-4-7(6)20-11(13,14)15/h1-5H,(H2,16,17,18,19). The SMILES string of the molecule is O=c1[nH]cnc(Nc2ccccc2OC(F)(F)F)c1Cl. The van der Waals surface area contributed by atoms with Crippen LogP contribution in [-0.2, 0) is 0 Å². The van der Waals surface area contributed by atoms with E-state index in [-0.39, 0.29) is 16.5 Å². The molecule has 1 aromatic carbocycles. The maximum Gasteiger partial charge on any atom is 0.573 e. The Balaban J connectivity index is 2.34. The average molecular weight is 306 g/mol. The van der Waals surface area contributed by atoms with E-state index in [1.54, 1.807) is 0 Å². The average Bonchev–Trinajstić information content (AvgIpc) is 2.35. The molecule has 0 aliphatic rings. The predicted octanol–water partition coefficient (Wildman–Crippen LogP) is 3.07. The van der Waals surface area contributed by atoms with Gasteiger partial charge in [0.25, 0.3) is 5.56 Å². The lowest BCUT2D eigenvalue weighted by Crippen LogP contribution is -2.18. The van der Waals surface area contributed by atoms with Crippen molar-refractivity contribution in [3.05, 3.63) is 46.0 Å². The molecule has 5 nitrogen and oxygen atoms in total. The highest BCUT2D eigenvalue weighted by Gasteiger charge is 2.32. The fourth-order valence-corrected chi connectivity index (χ4v) is 1.53. The second kappa shape index (κ2) is 5.41.